The Kier molecular flexibility index (Phi) is 7.31. The molecule has 1 heterocycles. The van der Waals surface area contributed by atoms with Crippen molar-refractivity contribution in [3.63, 3.8) is 0 Å². The minimum Gasteiger partial charge on any atom is -0.494 e. The monoisotopic (exact) mass is 330 g/mol. The molecule has 0 bridgehead atoms. The summed E-state index contributed by atoms with van der Waals surface area (Å²) >= 11 is 0. The average Bonchev–Trinajstić information content (AvgIpc) is 2.52. The zero-order chi connectivity index (χ0) is 18.2. The second-order valence-electron chi connectivity index (χ2n) is 5.77. The molecule has 24 heavy (non-hydrogen) atoms. The minimum absolute atomic E-state index is 0.209. The predicted molar refractivity (Wildman–Crippen MR) is 95.3 cm³/mol. The molecule has 0 aliphatic heterocycles. The number of aromatic nitrogens is 1. The first-order chi connectivity index (χ1) is 11.3. The summed E-state index contributed by atoms with van der Waals surface area (Å²) in [6.45, 7) is 13.6. The zero-order valence-corrected chi connectivity index (χ0v) is 15.1. The van der Waals surface area contributed by atoms with Crippen LogP contribution in [0.3, 0.4) is 0 Å². The molecule has 1 rings (SSSR count). The third kappa shape index (κ3) is 5.96. The molecule has 1 aromatic rings. The Labute approximate surface area is 144 Å². The molecule has 1 unspecified atom stereocenters. The Hall–Kier alpha value is -2.48. The lowest BCUT2D eigenvalue weighted by molar-refractivity contribution is -0.129. The molecule has 1 aromatic heterocycles. The van der Waals surface area contributed by atoms with E-state index in [2.05, 4.69) is 28.7 Å². The van der Waals surface area contributed by atoms with Gasteiger partial charge in [0.05, 0.1) is 18.3 Å². The van der Waals surface area contributed by atoms with Crippen LogP contribution in [-0.4, -0.2) is 29.1 Å². The number of carbonyl (C=O) groups excluding carboxylic acids is 1. The van der Waals surface area contributed by atoms with Crippen molar-refractivity contribution in [2.24, 2.45) is 0 Å². The van der Waals surface area contributed by atoms with Crippen LogP contribution < -0.4 is 10.1 Å². The molecule has 0 aliphatic carbocycles. The maximum absolute atomic E-state index is 12.4. The van der Waals surface area contributed by atoms with Crippen molar-refractivity contribution in [2.45, 2.75) is 52.7 Å². The molecule has 1 N–H and O–H groups in total. The Balaban J connectivity index is 2.84. The van der Waals surface area contributed by atoms with Gasteiger partial charge in [-0.3, -0.25) is 9.78 Å². The quantitative estimate of drug-likeness (QED) is 0.587. The molecule has 130 valence electrons. The number of hydrogen-bond donors (Lipinski definition) is 1. The number of rotatable bonds is 8. The smallest absolute Gasteiger partial charge is 0.262 e. The highest BCUT2D eigenvalue weighted by atomic mass is 16.5. The van der Waals surface area contributed by atoms with Gasteiger partial charge in [0.25, 0.3) is 5.91 Å². The molecule has 0 saturated carbocycles. The molecule has 0 radical (unpaired) electrons. The number of nitrogens with zero attached hydrogens (tertiary/aromatic N) is 1. The summed E-state index contributed by atoms with van der Waals surface area (Å²) in [5.74, 6) is 6.58. The lowest BCUT2D eigenvalue weighted by atomic mass is 10.1. The average molecular weight is 330 g/mol. The van der Waals surface area contributed by atoms with Crippen LogP contribution in [0.4, 0.5) is 0 Å². The topological polar surface area (TPSA) is 60.5 Å². The van der Waals surface area contributed by atoms with Crippen LogP contribution >= 0.6 is 0 Å². The van der Waals surface area contributed by atoms with E-state index in [0.717, 1.165) is 5.56 Å². The van der Waals surface area contributed by atoms with E-state index in [0.29, 0.717) is 24.5 Å². The summed E-state index contributed by atoms with van der Waals surface area (Å²) in [5.41, 5.74) is 0.119. The van der Waals surface area contributed by atoms with Gasteiger partial charge in [0, 0.05) is 11.8 Å². The number of pyridine rings is 1. The van der Waals surface area contributed by atoms with Crippen LogP contribution in [-0.2, 0) is 9.53 Å². The fraction of sp³-hybridized carbons (Fsp3) is 0.474. The van der Waals surface area contributed by atoms with Gasteiger partial charge in [-0.25, -0.2) is 0 Å². The minimum atomic E-state index is -0.625. The lowest BCUT2D eigenvalue weighted by Crippen LogP contribution is -2.48. The van der Waals surface area contributed by atoms with E-state index in [4.69, 9.17) is 9.47 Å². The first-order valence-electron chi connectivity index (χ1n) is 8.02. The van der Waals surface area contributed by atoms with Crippen LogP contribution in [0.15, 0.2) is 25.0 Å². The molecule has 5 heteroatoms. The molecule has 1 amide bonds. The molecular formula is C19H26N2O3. The summed E-state index contributed by atoms with van der Waals surface area (Å²) in [6.07, 6.45) is 3.11. The number of ether oxygens (including phenoxy) is 2. The molecule has 0 saturated heterocycles. The van der Waals surface area contributed by atoms with Gasteiger partial charge >= 0.3 is 0 Å². The Morgan fingerprint density at radius 3 is 2.71 bits per heavy atom. The van der Waals surface area contributed by atoms with Crippen molar-refractivity contribution in [1.29, 1.82) is 0 Å². The third-order valence-electron chi connectivity index (χ3n) is 3.17. The predicted octanol–water partition coefficient (Wildman–Crippen LogP) is 3.16. The van der Waals surface area contributed by atoms with Gasteiger partial charge in [-0.05, 0) is 40.2 Å². The summed E-state index contributed by atoms with van der Waals surface area (Å²) < 4.78 is 11.2. The molecule has 0 fully saturated rings. The second-order valence-corrected chi connectivity index (χ2v) is 5.77. The number of nitrogens with one attached hydrogen (secondary N) is 1. The number of carbonyl (C=O) groups is 1. The molecule has 0 spiro atoms. The van der Waals surface area contributed by atoms with E-state index in [1.54, 1.807) is 25.4 Å². The maximum atomic E-state index is 12.4. The van der Waals surface area contributed by atoms with Crippen molar-refractivity contribution in [2.75, 3.05) is 6.61 Å². The molecule has 5 nitrogen and oxygen atoms in total. The number of amides is 1. The van der Waals surface area contributed by atoms with Crippen molar-refractivity contribution in [3.05, 3.63) is 30.6 Å². The van der Waals surface area contributed by atoms with Crippen molar-refractivity contribution >= 4 is 11.7 Å². The van der Waals surface area contributed by atoms with E-state index in [1.165, 1.54) is 0 Å². The standard InChI is InChI=1S/C19H26N2O3/c1-7-10-19(5,6)21-18(22)17(8-2)24-16-11-15(12-20-13-16)14(4)23-9-3/h11-13,17H,4,8-9H2,1-3,5-6H3,(H,21,22). The first-order valence-corrected chi connectivity index (χ1v) is 8.02. The summed E-state index contributed by atoms with van der Waals surface area (Å²) in [5, 5.41) is 2.89. The third-order valence-corrected chi connectivity index (χ3v) is 3.17. The van der Waals surface area contributed by atoms with Crippen molar-refractivity contribution < 1.29 is 14.3 Å². The molecule has 1 atom stereocenters. The van der Waals surface area contributed by atoms with Gasteiger partial charge in [0.15, 0.2) is 6.10 Å². The number of hydrogen-bond acceptors (Lipinski definition) is 4. The fourth-order valence-corrected chi connectivity index (χ4v) is 2.11. The fourth-order valence-electron chi connectivity index (χ4n) is 2.11. The van der Waals surface area contributed by atoms with E-state index >= 15 is 0 Å². The van der Waals surface area contributed by atoms with Gasteiger partial charge in [0.2, 0.25) is 0 Å². The summed E-state index contributed by atoms with van der Waals surface area (Å²) in [6, 6.07) is 1.76. The van der Waals surface area contributed by atoms with E-state index in [9.17, 15) is 4.79 Å². The van der Waals surface area contributed by atoms with Gasteiger partial charge in [-0.1, -0.05) is 19.4 Å². The van der Waals surface area contributed by atoms with Crippen LogP contribution in [0.5, 0.6) is 5.75 Å². The molecule has 0 aliphatic rings. The normalized spacial score (nSPS) is 11.7. The Bertz CT molecular complexity index is 642. The van der Waals surface area contributed by atoms with Crippen LogP contribution in [0, 0.1) is 11.8 Å². The van der Waals surface area contributed by atoms with Gasteiger partial charge in [0.1, 0.15) is 11.5 Å². The maximum Gasteiger partial charge on any atom is 0.262 e. The second kappa shape index (κ2) is 8.97. The summed E-state index contributed by atoms with van der Waals surface area (Å²) in [7, 11) is 0. The highest BCUT2D eigenvalue weighted by Gasteiger charge is 2.25. The highest BCUT2D eigenvalue weighted by Crippen LogP contribution is 2.20. The van der Waals surface area contributed by atoms with Crippen molar-refractivity contribution in [1.82, 2.24) is 10.3 Å². The largest absolute Gasteiger partial charge is 0.494 e. The van der Waals surface area contributed by atoms with E-state index in [1.807, 2.05) is 27.7 Å². The van der Waals surface area contributed by atoms with Crippen LogP contribution in [0.2, 0.25) is 0 Å². The highest BCUT2D eigenvalue weighted by molar-refractivity contribution is 5.82. The zero-order valence-electron chi connectivity index (χ0n) is 15.1. The van der Waals surface area contributed by atoms with E-state index < -0.39 is 11.6 Å². The van der Waals surface area contributed by atoms with Crippen LogP contribution in [0.25, 0.3) is 5.76 Å². The van der Waals surface area contributed by atoms with Crippen molar-refractivity contribution in [3.8, 4) is 17.6 Å². The van der Waals surface area contributed by atoms with Gasteiger partial charge < -0.3 is 14.8 Å². The van der Waals surface area contributed by atoms with Gasteiger partial charge in [-0.2, -0.15) is 0 Å². The molecule has 0 aromatic carbocycles. The lowest BCUT2D eigenvalue weighted by Gasteiger charge is -2.24. The van der Waals surface area contributed by atoms with E-state index in [-0.39, 0.29) is 5.91 Å². The van der Waals surface area contributed by atoms with Gasteiger partial charge in [-0.15, -0.1) is 5.92 Å². The Morgan fingerprint density at radius 1 is 1.42 bits per heavy atom. The first kappa shape index (κ1) is 19.6. The van der Waals surface area contributed by atoms with Crippen LogP contribution in [0.1, 0.15) is 46.6 Å². The molecular weight excluding hydrogens is 304 g/mol. The Morgan fingerprint density at radius 2 is 2.12 bits per heavy atom. The summed E-state index contributed by atoms with van der Waals surface area (Å²) in [4.78, 5) is 16.5. The SMILES string of the molecule is C=C(OCC)c1cncc(OC(CC)C(=O)NC(C)(C)C#CC)c1.